The maximum absolute atomic E-state index is 13.5. The van der Waals surface area contributed by atoms with Gasteiger partial charge >= 0.3 is 0 Å². The van der Waals surface area contributed by atoms with Gasteiger partial charge in [0.25, 0.3) is 0 Å². The van der Waals surface area contributed by atoms with Gasteiger partial charge in [-0.05, 0) is 29.9 Å². The second kappa shape index (κ2) is 7.61. The van der Waals surface area contributed by atoms with Gasteiger partial charge in [0.2, 0.25) is 0 Å². The van der Waals surface area contributed by atoms with Gasteiger partial charge in [0.15, 0.2) is 5.11 Å². The summed E-state index contributed by atoms with van der Waals surface area (Å²) in [5.74, 6) is -1.33. The molecule has 0 radical (unpaired) electrons. The van der Waals surface area contributed by atoms with Gasteiger partial charge in [0.05, 0.1) is 11.8 Å². The van der Waals surface area contributed by atoms with Crippen LogP contribution in [-0.4, -0.2) is 23.4 Å². The molecule has 0 aliphatic rings. The second-order valence-electron chi connectivity index (χ2n) is 4.55. The fourth-order valence-corrected chi connectivity index (χ4v) is 1.84. The molecule has 1 N–H and O–H groups in total. The van der Waals surface area contributed by atoms with Crippen LogP contribution in [0.25, 0.3) is 0 Å². The van der Waals surface area contributed by atoms with Crippen LogP contribution < -0.4 is 5.32 Å². The lowest BCUT2D eigenvalue weighted by Crippen LogP contribution is -2.33. The van der Waals surface area contributed by atoms with Crippen LogP contribution in [0.5, 0.6) is 0 Å². The van der Waals surface area contributed by atoms with Crippen molar-refractivity contribution in [2.24, 2.45) is 5.10 Å². The fourth-order valence-electron chi connectivity index (χ4n) is 1.72. The summed E-state index contributed by atoms with van der Waals surface area (Å²) < 4.78 is 26.9. The van der Waals surface area contributed by atoms with Crippen molar-refractivity contribution in [2.45, 2.75) is 6.54 Å². The van der Waals surface area contributed by atoms with E-state index in [1.165, 1.54) is 23.2 Å². The molecule has 3 nitrogen and oxygen atoms in total. The third-order valence-corrected chi connectivity index (χ3v) is 3.35. The number of halogens is 2. The van der Waals surface area contributed by atoms with E-state index in [9.17, 15) is 8.78 Å². The normalized spacial score (nSPS) is 10.7. The zero-order valence-corrected chi connectivity index (χ0v) is 12.8. The van der Waals surface area contributed by atoms with Crippen LogP contribution in [-0.2, 0) is 6.54 Å². The molecule has 0 saturated heterocycles. The van der Waals surface area contributed by atoms with Crippen LogP contribution in [0.15, 0.2) is 53.6 Å². The van der Waals surface area contributed by atoms with E-state index in [4.69, 9.17) is 12.2 Å². The van der Waals surface area contributed by atoms with E-state index in [0.717, 1.165) is 11.8 Å². The summed E-state index contributed by atoms with van der Waals surface area (Å²) in [6, 6.07) is 13.4. The highest BCUT2D eigenvalue weighted by atomic mass is 32.1. The maximum Gasteiger partial charge on any atom is 0.189 e. The van der Waals surface area contributed by atoms with Crippen LogP contribution in [0, 0.1) is 11.6 Å². The highest BCUT2D eigenvalue weighted by Crippen LogP contribution is 2.09. The maximum atomic E-state index is 13.5. The summed E-state index contributed by atoms with van der Waals surface area (Å²) in [6.45, 7) is 0.549. The van der Waals surface area contributed by atoms with Crippen molar-refractivity contribution in [3.63, 3.8) is 0 Å². The van der Waals surface area contributed by atoms with Crippen molar-refractivity contribution in [1.82, 2.24) is 10.3 Å². The van der Waals surface area contributed by atoms with E-state index in [0.29, 0.717) is 11.7 Å². The summed E-state index contributed by atoms with van der Waals surface area (Å²) in [7, 11) is 1.61. The van der Waals surface area contributed by atoms with Gasteiger partial charge in [-0.2, -0.15) is 5.10 Å². The quantitative estimate of drug-likeness (QED) is 0.532. The molecule has 0 bridgehead atoms. The molecule has 6 heteroatoms. The van der Waals surface area contributed by atoms with E-state index < -0.39 is 11.6 Å². The Balaban J connectivity index is 1.95. The van der Waals surface area contributed by atoms with E-state index in [1.54, 1.807) is 7.05 Å². The van der Waals surface area contributed by atoms with Gasteiger partial charge in [-0.3, -0.25) is 0 Å². The molecule has 2 aromatic rings. The molecule has 2 rings (SSSR count). The first-order chi connectivity index (χ1) is 10.6. The lowest BCUT2D eigenvalue weighted by atomic mass is 10.2. The van der Waals surface area contributed by atoms with Gasteiger partial charge in [0, 0.05) is 13.6 Å². The minimum atomic E-state index is -0.666. The van der Waals surface area contributed by atoms with Gasteiger partial charge in [-0.25, -0.2) is 13.8 Å². The molecule has 114 valence electrons. The van der Waals surface area contributed by atoms with Crippen molar-refractivity contribution in [1.29, 1.82) is 0 Å². The Morgan fingerprint density at radius 3 is 2.41 bits per heavy atom. The summed E-state index contributed by atoms with van der Waals surface area (Å²) in [4.78, 5) is 0. The number of rotatable bonds is 4. The molecular formula is C16H15F2N3S. The molecule has 22 heavy (non-hydrogen) atoms. The third-order valence-electron chi connectivity index (χ3n) is 2.94. The second-order valence-corrected chi connectivity index (χ2v) is 4.93. The van der Waals surface area contributed by atoms with Crippen LogP contribution in [0.2, 0.25) is 0 Å². The predicted octanol–water partition coefficient (Wildman–Crippen LogP) is 3.31. The Morgan fingerprint density at radius 2 is 1.77 bits per heavy atom. The average molecular weight is 319 g/mol. The summed E-state index contributed by atoms with van der Waals surface area (Å²) in [6.07, 6.45) is 1.11. The third kappa shape index (κ3) is 4.33. The standard InChI is InChI=1S/C16H15F2N3S/c1-21(16(22)19-10-12-6-3-2-4-7-12)20-11-13-14(17)8-5-9-15(13)18/h2-9,11H,10H2,1H3,(H,19,22)/b20-11-. The number of hydrazone groups is 1. The molecule has 0 atom stereocenters. The Hall–Kier alpha value is -2.34. The summed E-state index contributed by atoms with van der Waals surface area (Å²) in [5.41, 5.74) is 0.877. The monoisotopic (exact) mass is 319 g/mol. The molecular weight excluding hydrogens is 304 g/mol. The van der Waals surface area contributed by atoms with Crippen molar-refractivity contribution < 1.29 is 8.78 Å². The molecule has 0 spiro atoms. The Bertz CT molecular complexity index is 654. The first-order valence-electron chi connectivity index (χ1n) is 6.61. The van der Waals surface area contributed by atoms with Crippen LogP contribution in [0.4, 0.5) is 8.78 Å². The largest absolute Gasteiger partial charge is 0.357 e. The van der Waals surface area contributed by atoms with Crippen molar-refractivity contribution in [3.05, 3.63) is 71.3 Å². The Kier molecular flexibility index (Phi) is 5.55. The Labute approximate surface area is 133 Å². The number of nitrogens with one attached hydrogen (secondary N) is 1. The van der Waals surface area contributed by atoms with Crippen molar-refractivity contribution in [3.8, 4) is 0 Å². The molecule has 0 heterocycles. The van der Waals surface area contributed by atoms with Crippen molar-refractivity contribution >= 4 is 23.5 Å². The number of thiocarbonyl (C=S) groups is 1. The molecule has 0 fully saturated rings. The van der Waals surface area contributed by atoms with E-state index in [2.05, 4.69) is 10.4 Å². The smallest absolute Gasteiger partial charge is 0.189 e. The van der Waals surface area contributed by atoms with E-state index in [1.807, 2.05) is 30.3 Å². The molecule has 0 unspecified atom stereocenters. The van der Waals surface area contributed by atoms with E-state index in [-0.39, 0.29) is 5.56 Å². The molecule has 0 saturated carbocycles. The van der Waals surface area contributed by atoms with Gasteiger partial charge < -0.3 is 5.32 Å². The molecule has 0 aromatic heterocycles. The fraction of sp³-hybridized carbons (Fsp3) is 0.125. The molecule has 0 amide bonds. The lowest BCUT2D eigenvalue weighted by Gasteiger charge is -2.15. The van der Waals surface area contributed by atoms with Gasteiger partial charge in [-0.15, -0.1) is 0 Å². The number of benzene rings is 2. The molecule has 2 aromatic carbocycles. The molecule has 0 aliphatic heterocycles. The van der Waals surface area contributed by atoms with Crippen LogP contribution >= 0.6 is 12.2 Å². The predicted molar refractivity (Wildman–Crippen MR) is 87.6 cm³/mol. The van der Waals surface area contributed by atoms with Gasteiger partial charge in [-0.1, -0.05) is 36.4 Å². The summed E-state index contributed by atoms with van der Waals surface area (Å²) in [5, 5.41) is 8.68. The lowest BCUT2D eigenvalue weighted by molar-refractivity contribution is 0.529. The van der Waals surface area contributed by atoms with E-state index >= 15 is 0 Å². The highest BCUT2D eigenvalue weighted by molar-refractivity contribution is 7.80. The minimum absolute atomic E-state index is 0.194. The average Bonchev–Trinajstić information content (AvgIpc) is 2.53. The number of hydrogen-bond acceptors (Lipinski definition) is 2. The molecule has 0 aliphatic carbocycles. The summed E-state index contributed by atoms with van der Waals surface area (Å²) >= 11 is 5.17. The number of nitrogens with zero attached hydrogens (tertiary/aromatic N) is 2. The first kappa shape index (κ1) is 16.0. The Morgan fingerprint density at radius 1 is 1.14 bits per heavy atom. The van der Waals surface area contributed by atoms with Crippen LogP contribution in [0.3, 0.4) is 0 Å². The highest BCUT2D eigenvalue weighted by Gasteiger charge is 2.07. The number of hydrogen-bond donors (Lipinski definition) is 1. The minimum Gasteiger partial charge on any atom is -0.357 e. The zero-order chi connectivity index (χ0) is 15.9. The van der Waals surface area contributed by atoms with Crippen LogP contribution in [0.1, 0.15) is 11.1 Å². The van der Waals surface area contributed by atoms with Crippen molar-refractivity contribution in [2.75, 3.05) is 7.05 Å². The zero-order valence-electron chi connectivity index (χ0n) is 12.0. The first-order valence-corrected chi connectivity index (χ1v) is 7.02. The van der Waals surface area contributed by atoms with Gasteiger partial charge in [0.1, 0.15) is 11.6 Å². The SMILES string of the molecule is CN(/N=C\c1c(F)cccc1F)C(=S)NCc1ccccc1. The topological polar surface area (TPSA) is 27.6 Å².